The molecule has 0 spiro atoms. The van der Waals surface area contributed by atoms with Crippen molar-refractivity contribution in [1.82, 2.24) is 4.98 Å². The number of ether oxygens (including phenoxy) is 1. The molecule has 1 heterocycles. The summed E-state index contributed by atoms with van der Waals surface area (Å²) in [6.45, 7) is 3.01. The van der Waals surface area contributed by atoms with Gasteiger partial charge in [0.2, 0.25) is 11.7 Å². The van der Waals surface area contributed by atoms with E-state index < -0.39 is 4.92 Å². The minimum atomic E-state index is -0.419. The SMILES string of the molecule is COc1ccc([N+](=O)[O-])c(NCCC2CCCC(C)C2)n1. The van der Waals surface area contributed by atoms with Crippen molar-refractivity contribution < 1.29 is 9.66 Å². The van der Waals surface area contributed by atoms with E-state index >= 15 is 0 Å². The molecular weight excluding hydrogens is 270 g/mol. The van der Waals surface area contributed by atoms with E-state index in [0.29, 0.717) is 24.2 Å². The Bertz CT molecular complexity index is 493. The molecule has 1 N–H and O–H groups in total. The largest absolute Gasteiger partial charge is 0.481 e. The number of pyridine rings is 1. The first-order valence-corrected chi connectivity index (χ1v) is 7.53. The second kappa shape index (κ2) is 7.24. The molecule has 0 amide bonds. The van der Waals surface area contributed by atoms with Gasteiger partial charge in [-0.1, -0.05) is 26.2 Å². The smallest absolute Gasteiger partial charge is 0.311 e. The first-order valence-electron chi connectivity index (χ1n) is 7.53. The standard InChI is InChI=1S/C15H23N3O3/c1-11-4-3-5-12(10-11)8-9-16-15-13(18(19)20)6-7-14(17-15)21-2/h6-7,11-12H,3-5,8-10H2,1-2H3,(H,16,17). The molecule has 1 saturated carbocycles. The molecule has 1 aromatic heterocycles. The number of nitro groups is 1. The molecule has 2 rings (SSSR count). The van der Waals surface area contributed by atoms with Gasteiger partial charge in [0, 0.05) is 18.7 Å². The Kier molecular flexibility index (Phi) is 5.36. The lowest BCUT2D eigenvalue weighted by molar-refractivity contribution is -0.384. The van der Waals surface area contributed by atoms with Crippen LogP contribution in [0.5, 0.6) is 5.88 Å². The molecule has 0 bridgehead atoms. The molecule has 6 heteroatoms. The highest BCUT2D eigenvalue weighted by Gasteiger charge is 2.20. The molecular formula is C15H23N3O3. The van der Waals surface area contributed by atoms with Crippen molar-refractivity contribution in [3.05, 3.63) is 22.2 Å². The van der Waals surface area contributed by atoms with E-state index in [2.05, 4.69) is 17.2 Å². The number of nitrogens with zero attached hydrogens (tertiary/aromatic N) is 2. The van der Waals surface area contributed by atoms with Crippen molar-refractivity contribution in [2.75, 3.05) is 19.0 Å². The zero-order valence-electron chi connectivity index (χ0n) is 12.7. The normalized spacial score (nSPS) is 21.8. The van der Waals surface area contributed by atoms with Crippen LogP contribution in [0.15, 0.2) is 12.1 Å². The van der Waals surface area contributed by atoms with Crippen LogP contribution in [0.1, 0.15) is 39.0 Å². The van der Waals surface area contributed by atoms with Gasteiger partial charge in [-0.15, -0.1) is 0 Å². The molecule has 1 aliphatic carbocycles. The molecule has 0 saturated heterocycles. The summed E-state index contributed by atoms with van der Waals surface area (Å²) in [6, 6.07) is 2.93. The summed E-state index contributed by atoms with van der Waals surface area (Å²) in [5.41, 5.74) is -0.00666. The molecule has 1 aliphatic rings. The van der Waals surface area contributed by atoms with E-state index in [1.807, 2.05) is 0 Å². The Hall–Kier alpha value is -1.85. The van der Waals surface area contributed by atoms with Crippen LogP contribution in [0.2, 0.25) is 0 Å². The monoisotopic (exact) mass is 293 g/mol. The third kappa shape index (κ3) is 4.31. The topological polar surface area (TPSA) is 77.3 Å². The summed E-state index contributed by atoms with van der Waals surface area (Å²) >= 11 is 0. The highest BCUT2D eigenvalue weighted by atomic mass is 16.6. The Morgan fingerprint density at radius 2 is 2.29 bits per heavy atom. The van der Waals surface area contributed by atoms with Crippen LogP contribution in [0.25, 0.3) is 0 Å². The predicted molar refractivity (Wildman–Crippen MR) is 81.7 cm³/mol. The molecule has 1 fully saturated rings. The highest BCUT2D eigenvalue weighted by Crippen LogP contribution is 2.31. The molecule has 116 valence electrons. The lowest BCUT2D eigenvalue weighted by atomic mass is 9.81. The summed E-state index contributed by atoms with van der Waals surface area (Å²) < 4.78 is 5.03. The van der Waals surface area contributed by atoms with Gasteiger partial charge >= 0.3 is 5.69 Å². The van der Waals surface area contributed by atoms with Crippen molar-refractivity contribution in [2.45, 2.75) is 39.0 Å². The number of nitrogens with one attached hydrogen (secondary N) is 1. The van der Waals surface area contributed by atoms with E-state index in [1.54, 1.807) is 0 Å². The van der Waals surface area contributed by atoms with Crippen molar-refractivity contribution in [3.8, 4) is 5.88 Å². The third-order valence-corrected chi connectivity index (χ3v) is 4.14. The quantitative estimate of drug-likeness (QED) is 0.640. The maximum Gasteiger partial charge on any atom is 0.311 e. The fraction of sp³-hybridized carbons (Fsp3) is 0.667. The van der Waals surface area contributed by atoms with Crippen molar-refractivity contribution in [2.24, 2.45) is 11.8 Å². The lowest BCUT2D eigenvalue weighted by Crippen LogP contribution is -2.17. The van der Waals surface area contributed by atoms with Gasteiger partial charge in [-0.05, 0) is 24.7 Å². The van der Waals surface area contributed by atoms with Crippen LogP contribution >= 0.6 is 0 Å². The van der Waals surface area contributed by atoms with Crippen LogP contribution < -0.4 is 10.1 Å². The van der Waals surface area contributed by atoms with Gasteiger partial charge in [0.1, 0.15) is 0 Å². The molecule has 0 aromatic carbocycles. The number of rotatable bonds is 6. The Balaban J connectivity index is 1.93. The van der Waals surface area contributed by atoms with Crippen molar-refractivity contribution in [1.29, 1.82) is 0 Å². The van der Waals surface area contributed by atoms with Crippen molar-refractivity contribution in [3.63, 3.8) is 0 Å². The van der Waals surface area contributed by atoms with Gasteiger partial charge in [-0.25, -0.2) is 0 Å². The van der Waals surface area contributed by atoms with E-state index in [0.717, 1.165) is 12.3 Å². The maximum absolute atomic E-state index is 11.0. The minimum Gasteiger partial charge on any atom is -0.481 e. The fourth-order valence-corrected chi connectivity index (χ4v) is 3.04. The van der Waals surface area contributed by atoms with Gasteiger partial charge in [-0.2, -0.15) is 4.98 Å². The van der Waals surface area contributed by atoms with E-state index in [4.69, 9.17) is 4.74 Å². The molecule has 0 aliphatic heterocycles. The second-order valence-corrected chi connectivity index (χ2v) is 5.83. The van der Waals surface area contributed by atoms with E-state index in [1.165, 1.54) is 44.9 Å². The van der Waals surface area contributed by atoms with Gasteiger partial charge in [0.15, 0.2) is 0 Å². The Labute approximate surface area is 125 Å². The van der Waals surface area contributed by atoms with Gasteiger partial charge in [-0.3, -0.25) is 10.1 Å². The predicted octanol–water partition coefficient (Wildman–Crippen LogP) is 3.63. The molecule has 6 nitrogen and oxygen atoms in total. The fourth-order valence-electron chi connectivity index (χ4n) is 3.04. The average molecular weight is 293 g/mol. The number of hydrogen-bond donors (Lipinski definition) is 1. The van der Waals surface area contributed by atoms with Crippen LogP contribution in [-0.4, -0.2) is 23.6 Å². The number of hydrogen-bond acceptors (Lipinski definition) is 5. The first kappa shape index (κ1) is 15.5. The van der Waals surface area contributed by atoms with Gasteiger partial charge in [0.25, 0.3) is 0 Å². The number of anilines is 1. The second-order valence-electron chi connectivity index (χ2n) is 5.83. The summed E-state index contributed by atoms with van der Waals surface area (Å²) in [6.07, 6.45) is 6.17. The highest BCUT2D eigenvalue weighted by molar-refractivity contribution is 5.56. The zero-order valence-corrected chi connectivity index (χ0v) is 12.7. The average Bonchev–Trinajstić information content (AvgIpc) is 2.47. The summed E-state index contributed by atoms with van der Waals surface area (Å²) in [5, 5.41) is 14.1. The Morgan fingerprint density at radius 1 is 1.48 bits per heavy atom. The first-order chi connectivity index (χ1) is 10.1. The van der Waals surface area contributed by atoms with E-state index in [9.17, 15) is 10.1 Å². The van der Waals surface area contributed by atoms with Gasteiger partial charge < -0.3 is 10.1 Å². The van der Waals surface area contributed by atoms with Crippen LogP contribution in [0.3, 0.4) is 0 Å². The van der Waals surface area contributed by atoms with Gasteiger partial charge in [0.05, 0.1) is 12.0 Å². The van der Waals surface area contributed by atoms with Crippen LogP contribution in [0, 0.1) is 22.0 Å². The molecule has 2 unspecified atom stereocenters. The van der Waals surface area contributed by atoms with Crippen molar-refractivity contribution >= 4 is 11.5 Å². The maximum atomic E-state index is 11.0. The lowest BCUT2D eigenvalue weighted by Gasteiger charge is -2.26. The molecule has 21 heavy (non-hydrogen) atoms. The summed E-state index contributed by atoms with van der Waals surface area (Å²) in [5.74, 6) is 2.19. The number of aromatic nitrogens is 1. The Morgan fingerprint density at radius 3 is 2.95 bits per heavy atom. The van der Waals surface area contributed by atoms with E-state index in [-0.39, 0.29) is 5.69 Å². The van der Waals surface area contributed by atoms with Crippen LogP contribution in [0.4, 0.5) is 11.5 Å². The third-order valence-electron chi connectivity index (χ3n) is 4.14. The number of methoxy groups -OCH3 is 1. The molecule has 1 aromatic rings. The minimum absolute atomic E-state index is 0.00666. The summed E-state index contributed by atoms with van der Waals surface area (Å²) in [4.78, 5) is 14.7. The molecule has 0 radical (unpaired) electrons. The zero-order chi connectivity index (χ0) is 15.2. The van der Waals surface area contributed by atoms with Crippen LogP contribution in [-0.2, 0) is 0 Å². The molecule has 2 atom stereocenters. The summed E-state index contributed by atoms with van der Waals surface area (Å²) in [7, 11) is 1.50.